The Bertz CT molecular complexity index is 954. The molecule has 0 saturated heterocycles. The highest BCUT2D eigenvalue weighted by Crippen LogP contribution is 2.33. The Morgan fingerprint density at radius 2 is 1.85 bits per heavy atom. The average molecular weight is 414 g/mol. The van der Waals surface area contributed by atoms with E-state index < -0.39 is 15.9 Å². The maximum absolute atomic E-state index is 12.8. The molecule has 0 atom stereocenters. The summed E-state index contributed by atoms with van der Waals surface area (Å²) in [6, 6.07) is 5.25. The molecular formula is C17H23N3O5S2. The number of thioether (sulfide) groups is 1. The van der Waals surface area contributed by atoms with Crippen molar-refractivity contribution in [3.8, 4) is 11.5 Å². The van der Waals surface area contributed by atoms with Crippen LogP contribution in [0.1, 0.15) is 11.4 Å². The van der Waals surface area contributed by atoms with Gasteiger partial charge in [0, 0.05) is 11.9 Å². The van der Waals surface area contributed by atoms with Crippen LogP contribution in [0.3, 0.4) is 0 Å². The lowest BCUT2D eigenvalue weighted by atomic mass is 10.3. The summed E-state index contributed by atoms with van der Waals surface area (Å²) in [6.07, 6.45) is 1.01. The number of nitrogens with zero attached hydrogens (tertiary/aromatic N) is 3. The predicted molar refractivity (Wildman–Crippen MR) is 105 cm³/mol. The normalized spacial score (nSPS) is 11.3. The Hall–Kier alpha value is -2.20. The van der Waals surface area contributed by atoms with E-state index in [1.165, 1.54) is 26.0 Å². The quantitative estimate of drug-likeness (QED) is 0.642. The van der Waals surface area contributed by atoms with E-state index in [9.17, 15) is 13.2 Å². The molecule has 1 amide bonds. The number of rotatable bonds is 7. The third kappa shape index (κ3) is 4.56. The molecule has 1 aromatic carbocycles. The van der Waals surface area contributed by atoms with Gasteiger partial charge in [-0.2, -0.15) is 5.10 Å². The van der Waals surface area contributed by atoms with E-state index in [0.29, 0.717) is 28.6 Å². The topological polar surface area (TPSA) is 90.7 Å². The summed E-state index contributed by atoms with van der Waals surface area (Å²) in [6.45, 7) is 3.40. The SMILES string of the molecule is COc1ccc(SCC(=O)N(c2c(C)nn(C)c2C)S(C)(=O)=O)cc1OC. The molecule has 0 unspecified atom stereocenters. The Morgan fingerprint density at radius 1 is 1.22 bits per heavy atom. The lowest BCUT2D eigenvalue weighted by Crippen LogP contribution is -2.38. The Kier molecular flexibility index (Phi) is 6.42. The summed E-state index contributed by atoms with van der Waals surface area (Å²) < 4.78 is 37.4. The van der Waals surface area contributed by atoms with Crippen LogP contribution in [0.4, 0.5) is 5.69 Å². The number of carbonyl (C=O) groups excluding carboxylic acids is 1. The zero-order valence-electron chi connectivity index (χ0n) is 16.1. The molecule has 1 heterocycles. The van der Waals surface area contributed by atoms with Crippen LogP contribution in [-0.2, 0) is 21.9 Å². The number of methoxy groups -OCH3 is 2. The second kappa shape index (κ2) is 8.22. The van der Waals surface area contributed by atoms with Gasteiger partial charge in [0.15, 0.2) is 11.5 Å². The summed E-state index contributed by atoms with van der Waals surface area (Å²) in [4.78, 5) is 13.5. The summed E-state index contributed by atoms with van der Waals surface area (Å²) in [7, 11) is 0.962. The van der Waals surface area contributed by atoms with Crippen LogP contribution in [0.2, 0.25) is 0 Å². The van der Waals surface area contributed by atoms with Crippen molar-refractivity contribution in [2.24, 2.45) is 7.05 Å². The minimum Gasteiger partial charge on any atom is -0.493 e. The molecule has 0 radical (unpaired) electrons. The smallest absolute Gasteiger partial charge is 0.251 e. The van der Waals surface area contributed by atoms with Gasteiger partial charge in [0.1, 0.15) is 5.69 Å². The zero-order chi connectivity index (χ0) is 20.4. The first-order valence-electron chi connectivity index (χ1n) is 7.98. The Labute approximate surface area is 163 Å². The van der Waals surface area contributed by atoms with Crippen molar-refractivity contribution in [1.82, 2.24) is 9.78 Å². The van der Waals surface area contributed by atoms with Gasteiger partial charge in [0.05, 0.1) is 37.6 Å². The van der Waals surface area contributed by atoms with Crippen LogP contribution in [0.15, 0.2) is 23.1 Å². The number of aromatic nitrogens is 2. The van der Waals surface area contributed by atoms with Crippen molar-refractivity contribution in [2.45, 2.75) is 18.7 Å². The molecule has 2 aromatic rings. The van der Waals surface area contributed by atoms with Crippen molar-refractivity contribution in [1.29, 1.82) is 0 Å². The number of hydrogen-bond acceptors (Lipinski definition) is 7. The zero-order valence-corrected chi connectivity index (χ0v) is 17.8. The molecule has 0 saturated carbocycles. The first-order chi connectivity index (χ1) is 12.6. The van der Waals surface area contributed by atoms with Crippen LogP contribution in [0.25, 0.3) is 0 Å². The van der Waals surface area contributed by atoms with Crippen molar-refractivity contribution < 1.29 is 22.7 Å². The molecule has 0 aliphatic heterocycles. The van der Waals surface area contributed by atoms with E-state index in [2.05, 4.69) is 5.10 Å². The molecule has 8 nitrogen and oxygen atoms in total. The lowest BCUT2D eigenvalue weighted by Gasteiger charge is -2.20. The van der Waals surface area contributed by atoms with Crippen molar-refractivity contribution in [3.63, 3.8) is 0 Å². The number of sulfonamides is 1. The predicted octanol–water partition coefficient (Wildman–Crippen LogP) is 2.14. The highest BCUT2D eigenvalue weighted by molar-refractivity contribution is 8.00. The van der Waals surface area contributed by atoms with Crippen LogP contribution in [0.5, 0.6) is 11.5 Å². The number of aryl methyl sites for hydroxylation is 2. The molecular weight excluding hydrogens is 390 g/mol. The minimum atomic E-state index is -3.80. The van der Waals surface area contributed by atoms with E-state index in [1.54, 1.807) is 43.8 Å². The van der Waals surface area contributed by atoms with Gasteiger partial charge in [-0.3, -0.25) is 9.48 Å². The summed E-state index contributed by atoms with van der Waals surface area (Å²) in [5, 5.41) is 4.21. The maximum Gasteiger partial charge on any atom is 0.251 e. The van der Waals surface area contributed by atoms with Gasteiger partial charge < -0.3 is 9.47 Å². The average Bonchev–Trinajstić information content (AvgIpc) is 2.85. The Balaban J connectivity index is 2.28. The van der Waals surface area contributed by atoms with E-state index in [0.717, 1.165) is 15.5 Å². The number of ether oxygens (including phenoxy) is 2. The molecule has 1 aromatic heterocycles. The molecule has 148 valence electrons. The third-order valence-electron chi connectivity index (χ3n) is 3.95. The van der Waals surface area contributed by atoms with Gasteiger partial charge in [-0.05, 0) is 32.0 Å². The number of carbonyl (C=O) groups is 1. The number of amides is 1. The van der Waals surface area contributed by atoms with Crippen molar-refractivity contribution in [2.75, 3.05) is 30.5 Å². The third-order valence-corrected chi connectivity index (χ3v) is 5.98. The molecule has 10 heteroatoms. The first-order valence-corrected chi connectivity index (χ1v) is 10.8. The largest absolute Gasteiger partial charge is 0.493 e. The minimum absolute atomic E-state index is 0.0592. The second-order valence-electron chi connectivity index (χ2n) is 5.87. The first kappa shape index (κ1) is 21.1. The van der Waals surface area contributed by atoms with E-state index in [-0.39, 0.29) is 5.75 Å². The summed E-state index contributed by atoms with van der Waals surface area (Å²) in [5.41, 5.74) is 1.38. The standard InChI is InChI=1S/C17H23N3O5S2/c1-11-17(12(2)19(3)18-11)20(27(6,22)23)16(21)10-26-13-7-8-14(24-4)15(9-13)25-5/h7-9H,10H2,1-6H3. The molecule has 0 spiro atoms. The van der Waals surface area contributed by atoms with Gasteiger partial charge in [0.2, 0.25) is 10.0 Å². The number of hydrogen-bond donors (Lipinski definition) is 0. The summed E-state index contributed by atoms with van der Waals surface area (Å²) in [5.74, 6) is 0.508. The van der Waals surface area contributed by atoms with Crippen LogP contribution in [-0.4, -0.2) is 50.3 Å². The van der Waals surface area contributed by atoms with Gasteiger partial charge in [-0.25, -0.2) is 12.7 Å². The van der Waals surface area contributed by atoms with Crippen molar-refractivity contribution >= 4 is 33.4 Å². The van der Waals surface area contributed by atoms with Crippen LogP contribution in [0, 0.1) is 13.8 Å². The molecule has 0 N–H and O–H groups in total. The fourth-order valence-electron chi connectivity index (χ4n) is 2.64. The molecule has 0 bridgehead atoms. The fraction of sp³-hybridized carbons (Fsp3) is 0.412. The highest BCUT2D eigenvalue weighted by Gasteiger charge is 2.30. The van der Waals surface area contributed by atoms with Gasteiger partial charge in [0.25, 0.3) is 5.91 Å². The van der Waals surface area contributed by atoms with Gasteiger partial charge in [-0.1, -0.05) is 0 Å². The maximum atomic E-state index is 12.8. The summed E-state index contributed by atoms with van der Waals surface area (Å²) >= 11 is 1.22. The van der Waals surface area contributed by atoms with E-state index >= 15 is 0 Å². The van der Waals surface area contributed by atoms with E-state index in [1.807, 2.05) is 0 Å². The monoisotopic (exact) mass is 413 g/mol. The Morgan fingerprint density at radius 3 is 2.33 bits per heavy atom. The molecule has 27 heavy (non-hydrogen) atoms. The van der Waals surface area contributed by atoms with Crippen LogP contribution < -0.4 is 13.8 Å². The van der Waals surface area contributed by atoms with Gasteiger partial charge in [-0.15, -0.1) is 11.8 Å². The van der Waals surface area contributed by atoms with Crippen LogP contribution >= 0.6 is 11.8 Å². The fourth-order valence-corrected chi connectivity index (χ4v) is 4.53. The van der Waals surface area contributed by atoms with E-state index in [4.69, 9.17) is 9.47 Å². The number of benzene rings is 1. The molecule has 0 aliphatic carbocycles. The number of anilines is 1. The molecule has 0 fully saturated rings. The lowest BCUT2D eigenvalue weighted by molar-refractivity contribution is -0.115. The molecule has 2 rings (SSSR count). The van der Waals surface area contributed by atoms with Gasteiger partial charge >= 0.3 is 0 Å². The highest BCUT2D eigenvalue weighted by atomic mass is 32.2. The molecule has 0 aliphatic rings. The second-order valence-corrected chi connectivity index (χ2v) is 8.75. The van der Waals surface area contributed by atoms with Crippen molar-refractivity contribution in [3.05, 3.63) is 29.6 Å².